The van der Waals surface area contributed by atoms with E-state index in [1.54, 1.807) is 0 Å². The van der Waals surface area contributed by atoms with E-state index in [-0.39, 0.29) is 10.6 Å². The predicted octanol–water partition coefficient (Wildman–Crippen LogP) is 2.41. The molecule has 1 aliphatic rings. The van der Waals surface area contributed by atoms with Crippen LogP contribution >= 0.6 is 0 Å². The molecule has 8 nitrogen and oxygen atoms in total. The van der Waals surface area contributed by atoms with Gasteiger partial charge in [-0.2, -0.15) is 4.31 Å². The summed E-state index contributed by atoms with van der Waals surface area (Å²) in [5.41, 5.74) is 0.0627. The molecule has 0 bridgehead atoms. The van der Waals surface area contributed by atoms with Crippen LogP contribution in [0.25, 0.3) is 0 Å². The fourth-order valence-corrected chi connectivity index (χ4v) is 5.70. The molecule has 1 N–H and O–H groups in total. The molecule has 11 heteroatoms. The molecule has 168 valence electrons. The van der Waals surface area contributed by atoms with Crippen molar-refractivity contribution in [3.8, 4) is 0 Å². The van der Waals surface area contributed by atoms with Crippen molar-refractivity contribution in [1.29, 1.82) is 0 Å². The van der Waals surface area contributed by atoms with Crippen LogP contribution in [-0.4, -0.2) is 52.9 Å². The van der Waals surface area contributed by atoms with E-state index in [0.29, 0.717) is 23.1 Å². The molecule has 1 aliphatic heterocycles. The molecular formula is C20H24FN3O5S2. The van der Waals surface area contributed by atoms with Crippen molar-refractivity contribution >= 4 is 37.3 Å². The van der Waals surface area contributed by atoms with Gasteiger partial charge in [0.2, 0.25) is 26.0 Å². The van der Waals surface area contributed by atoms with Gasteiger partial charge in [-0.15, -0.1) is 0 Å². The van der Waals surface area contributed by atoms with E-state index in [2.05, 4.69) is 5.32 Å². The molecule has 0 atom stereocenters. The molecule has 3 rings (SSSR count). The Morgan fingerprint density at radius 1 is 1.00 bits per heavy atom. The second kappa shape index (κ2) is 9.33. The Labute approximate surface area is 181 Å². The largest absolute Gasteiger partial charge is 0.325 e. The second-order valence-electron chi connectivity index (χ2n) is 7.26. The molecule has 1 heterocycles. The fraction of sp³-hybridized carbons (Fsp3) is 0.350. The first-order chi connectivity index (χ1) is 14.6. The lowest BCUT2D eigenvalue weighted by Gasteiger charge is -2.26. The summed E-state index contributed by atoms with van der Waals surface area (Å²) in [6.07, 6.45) is 3.54. The first-order valence-electron chi connectivity index (χ1n) is 9.71. The van der Waals surface area contributed by atoms with Crippen molar-refractivity contribution in [2.75, 3.05) is 35.5 Å². The first-order valence-corrected chi connectivity index (χ1v) is 13.0. The minimum atomic E-state index is -3.92. The molecule has 1 amide bonds. The predicted molar refractivity (Wildman–Crippen MR) is 116 cm³/mol. The van der Waals surface area contributed by atoms with Gasteiger partial charge in [-0.05, 0) is 49.2 Å². The number of rotatable bonds is 7. The molecule has 2 aromatic carbocycles. The van der Waals surface area contributed by atoms with Crippen LogP contribution in [-0.2, 0) is 24.8 Å². The van der Waals surface area contributed by atoms with Crippen LogP contribution in [0.2, 0.25) is 0 Å². The van der Waals surface area contributed by atoms with Crippen LogP contribution in [0.1, 0.15) is 19.3 Å². The SMILES string of the molecule is CS(=O)(=O)N(CC(=O)Nc1ccc(S(=O)(=O)N2CCCCC2)cc1)c1ccccc1F. The third kappa shape index (κ3) is 5.60. The number of hydrogen-bond donors (Lipinski definition) is 1. The molecule has 2 aromatic rings. The molecule has 0 saturated carbocycles. The number of carbonyl (C=O) groups is 1. The maximum Gasteiger partial charge on any atom is 0.245 e. The van der Waals surface area contributed by atoms with Gasteiger partial charge in [-0.1, -0.05) is 18.6 Å². The zero-order valence-electron chi connectivity index (χ0n) is 17.0. The van der Waals surface area contributed by atoms with Gasteiger partial charge in [0.15, 0.2) is 0 Å². The minimum absolute atomic E-state index is 0.122. The highest BCUT2D eigenvalue weighted by Gasteiger charge is 2.26. The molecule has 0 aliphatic carbocycles. The van der Waals surface area contributed by atoms with Gasteiger partial charge >= 0.3 is 0 Å². The van der Waals surface area contributed by atoms with E-state index in [0.717, 1.165) is 31.6 Å². The number of piperidine rings is 1. The Balaban J connectivity index is 1.72. The summed E-state index contributed by atoms with van der Waals surface area (Å²) >= 11 is 0. The molecule has 31 heavy (non-hydrogen) atoms. The lowest BCUT2D eigenvalue weighted by molar-refractivity contribution is -0.114. The molecule has 0 spiro atoms. The summed E-state index contributed by atoms with van der Waals surface area (Å²) in [4.78, 5) is 12.5. The maximum atomic E-state index is 14.1. The number of nitrogens with one attached hydrogen (secondary N) is 1. The number of halogens is 1. The second-order valence-corrected chi connectivity index (χ2v) is 11.1. The Hall–Kier alpha value is -2.50. The summed E-state index contributed by atoms with van der Waals surface area (Å²) in [7, 11) is -7.51. The minimum Gasteiger partial charge on any atom is -0.325 e. The topological polar surface area (TPSA) is 104 Å². The highest BCUT2D eigenvalue weighted by Crippen LogP contribution is 2.23. The summed E-state index contributed by atoms with van der Waals surface area (Å²) in [6.45, 7) is 0.337. The third-order valence-electron chi connectivity index (χ3n) is 4.90. The number of hydrogen-bond acceptors (Lipinski definition) is 5. The number of carbonyl (C=O) groups excluding carboxylic acids is 1. The molecular weight excluding hydrogens is 445 g/mol. The van der Waals surface area contributed by atoms with Gasteiger partial charge in [-0.3, -0.25) is 9.10 Å². The first kappa shape index (κ1) is 23.2. The van der Waals surface area contributed by atoms with Crippen molar-refractivity contribution in [1.82, 2.24) is 4.31 Å². The summed E-state index contributed by atoms with van der Waals surface area (Å²) in [5, 5.41) is 2.52. The van der Waals surface area contributed by atoms with Crippen molar-refractivity contribution in [3.05, 3.63) is 54.3 Å². The molecule has 1 fully saturated rings. The summed E-state index contributed by atoms with van der Waals surface area (Å²) in [6, 6.07) is 10.9. The summed E-state index contributed by atoms with van der Waals surface area (Å²) < 4.78 is 65.7. The number of sulfonamides is 2. The highest BCUT2D eigenvalue weighted by molar-refractivity contribution is 7.92. The zero-order valence-corrected chi connectivity index (χ0v) is 18.6. The Kier molecular flexibility index (Phi) is 6.97. The van der Waals surface area contributed by atoms with E-state index in [1.807, 2.05) is 0 Å². The van der Waals surface area contributed by atoms with Crippen molar-refractivity contribution in [3.63, 3.8) is 0 Å². The van der Waals surface area contributed by atoms with Gasteiger partial charge in [-0.25, -0.2) is 21.2 Å². The van der Waals surface area contributed by atoms with E-state index < -0.39 is 38.3 Å². The van der Waals surface area contributed by atoms with Crippen LogP contribution in [0.15, 0.2) is 53.4 Å². The van der Waals surface area contributed by atoms with E-state index >= 15 is 0 Å². The monoisotopic (exact) mass is 469 g/mol. The number of nitrogens with zero attached hydrogens (tertiary/aromatic N) is 2. The van der Waals surface area contributed by atoms with Gasteiger partial charge < -0.3 is 5.32 Å². The molecule has 0 aromatic heterocycles. The number of amides is 1. The normalized spacial score (nSPS) is 15.4. The fourth-order valence-electron chi connectivity index (χ4n) is 3.33. The van der Waals surface area contributed by atoms with Gasteiger partial charge in [0, 0.05) is 18.8 Å². The van der Waals surface area contributed by atoms with Crippen LogP contribution in [0, 0.1) is 5.82 Å². The zero-order chi connectivity index (χ0) is 22.6. The number of para-hydroxylation sites is 1. The smallest absolute Gasteiger partial charge is 0.245 e. The van der Waals surface area contributed by atoms with Gasteiger partial charge in [0.25, 0.3) is 0 Å². The van der Waals surface area contributed by atoms with Crippen molar-refractivity contribution < 1.29 is 26.0 Å². The van der Waals surface area contributed by atoms with Gasteiger partial charge in [0.05, 0.1) is 16.8 Å². The third-order valence-corrected chi connectivity index (χ3v) is 7.94. The average Bonchev–Trinajstić information content (AvgIpc) is 2.73. The quantitative estimate of drug-likeness (QED) is 0.671. The maximum absolute atomic E-state index is 14.1. The molecule has 0 radical (unpaired) electrons. The van der Waals surface area contributed by atoms with Crippen LogP contribution in [0.3, 0.4) is 0 Å². The Morgan fingerprint density at radius 3 is 2.19 bits per heavy atom. The average molecular weight is 470 g/mol. The van der Waals surface area contributed by atoms with E-state index in [9.17, 15) is 26.0 Å². The Morgan fingerprint density at radius 2 is 1.61 bits per heavy atom. The van der Waals surface area contributed by atoms with Crippen LogP contribution < -0.4 is 9.62 Å². The standard InChI is InChI=1S/C20H24FN3O5S2/c1-30(26,27)24(19-8-4-3-7-18(19)21)15-20(25)22-16-9-11-17(12-10-16)31(28,29)23-13-5-2-6-14-23/h3-4,7-12H,2,5-6,13-15H2,1H3,(H,22,25). The molecule has 0 unspecified atom stereocenters. The van der Waals surface area contributed by atoms with E-state index in [4.69, 9.17) is 0 Å². The molecule has 1 saturated heterocycles. The van der Waals surface area contributed by atoms with Crippen molar-refractivity contribution in [2.24, 2.45) is 0 Å². The van der Waals surface area contributed by atoms with E-state index in [1.165, 1.54) is 46.8 Å². The highest BCUT2D eigenvalue weighted by atomic mass is 32.2. The number of anilines is 2. The lowest BCUT2D eigenvalue weighted by Crippen LogP contribution is -2.38. The van der Waals surface area contributed by atoms with Crippen LogP contribution in [0.5, 0.6) is 0 Å². The van der Waals surface area contributed by atoms with Crippen LogP contribution in [0.4, 0.5) is 15.8 Å². The van der Waals surface area contributed by atoms with Gasteiger partial charge in [0.1, 0.15) is 12.4 Å². The lowest BCUT2D eigenvalue weighted by atomic mass is 10.2. The number of benzene rings is 2. The summed E-state index contributed by atoms with van der Waals surface area (Å²) in [5.74, 6) is -1.46. The van der Waals surface area contributed by atoms with Crippen molar-refractivity contribution in [2.45, 2.75) is 24.2 Å². The Bertz CT molecular complexity index is 1150.